The van der Waals surface area contributed by atoms with E-state index in [1.807, 2.05) is 13.8 Å². The summed E-state index contributed by atoms with van der Waals surface area (Å²) in [5, 5.41) is 14.7. The minimum Gasteiger partial charge on any atom is -0.481 e. The van der Waals surface area contributed by atoms with E-state index in [0.29, 0.717) is 40.0 Å². The van der Waals surface area contributed by atoms with Crippen molar-refractivity contribution in [3.63, 3.8) is 0 Å². The van der Waals surface area contributed by atoms with Crippen LogP contribution in [0.2, 0.25) is 0 Å². The fourth-order valence-electron chi connectivity index (χ4n) is 3.67. The van der Waals surface area contributed by atoms with Crippen molar-refractivity contribution in [2.45, 2.75) is 33.2 Å². The Kier molecular flexibility index (Phi) is 8.33. The highest BCUT2D eigenvalue weighted by Crippen LogP contribution is 2.28. The number of carboxylic acid groups (broad SMARTS) is 1. The molecule has 0 radical (unpaired) electrons. The molecule has 0 saturated carbocycles. The summed E-state index contributed by atoms with van der Waals surface area (Å²) in [4.78, 5) is 36.8. The zero-order valence-corrected chi connectivity index (χ0v) is 19.6. The van der Waals surface area contributed by atoms with Crippen LogP contribution in [0.5, 0.6) is 0 Å². The van der Waals surface area contributed by atoms with Crippen LogP contribution in [-0.2, 0) is 22.6 Å². The van der Waals surface area contributed by atoms with Crippen molar-refractivity contribution in [1.29, 1.82) is 0 Å². The Morgan fingerprint density at radius 2 is 1.69 bits per heavy atom. The Bertz CT molecular complexity index is 1260. The minimum absolute atomic E-state index is 0.141. The van der Waals surface area contributed by atoms with Gasteiger partial charge in [0.05, 0.1) is 6.42 Å². The molecule has 0 unspecified atom stereocenters. The molecule has 3 aromatic rings. The summed E-state index contributed by atoms with van der Waals surface area (Å²) in [7, 11) is 0. The van der Waals surface area contributed by atoms with E-state index in [1.165, 1.54) is 18.2 Å². The van der Waals surface area contributed by atoms with Crippen molar-refractivity contribution in [1.82, 2.24) is 0 Å². The fourth-order valence-corrected chi connectivity index (χ4v) is 3.67. The van der Waals surface area contributed by atoms with E-state index in [1.54, 1.807) is 42.5 Å². The number of nitrogens with one attached hydrogen (secondary N) is 2. The molecule has 7 nitrogen and oxygen atoms in total. The third kappa shape index (κ3) is 7.22. The van der Waals surface area contributed by atoms with Gasteiger partial charge in [-0.25, -0.2) is 4.39 Å². The van der Waals surface area contributed by atoms with Gasteiger partial charge in [0, 0.05) is 29.9 Å². The number of aliphatic carboxylic acids is 1. The SMILES string of the molecule is CC(C)CC(=O)Nc1cc(C(=O)Nc2ccccc2CC(=O)O)cc(-c2cc(F)cc(CN)c2)c1. The molecule has 3 aromatic carbocycles. The van der Waals surface area contributed by atoms with E-state index in [2.05, 4.69) is 10.6 Å². The predicted octanol–water partition coefficient (Wildman–Crippen LogP) is 4.82. The first-order chi connectivity index (χ1) is 16.6. The summed E-state index contributed by atoms with van der Waals surface area (Å²) >= 11 is 0. The number of carbonyl (C=O) groups excluding carboxylic acids is 2. The van der Waals surface area contributed by atoms with Crippen molar-refractivity contribution < 1.29 is 23.9 Å². The number of para-hydroxylation sites is 1. The smallest absolute Gasteiger partial charge is 0.307 e. The van der Waals surface area contributed by atoms with E-state index >= 15 is 0 Å². The summed E-state index contributed by atoms with van der Waals surface area (Å²) in [6.07, 6.45) is 0.0454. The van der Waals surface area contributed by atoms with Crippen LogP contribution in [0.3, 0.4) is 0 Å². The number of carboxylic acids is 1. The molecule has 5 N–H and O–H groups in total. The summed E-state index contributed by atoms with van der Waals surface area (Å²) in [5.41, 5.74) is 8.72. The van der Waals surface area contributed by atoms with Gasteiger partial charge in [-0.3, -0.25) is 14.4 Å². The Labute approximate surface area is 203 Å². The normalized spacial score (nSPS) is 10.8. The molecular weight excluding hydrogens is 449 g/mol. The first kappa shape index (κ1) is 25.6. The third-order valence-corrected chi connectivity index (χ3v) is 5.21. The number of carbonyl (C=O) groups is 3. The van der Waals surface area contributed by atoms with Crippen molar-refractivity contribution in [3.8, 4) is 11.1 Å². The summed E-state index contributed by atoms with van der Waals surface area (Å²) in [5.74, 6) is -2.06. The molecule has 0 aliphatic carbocycles. The summed E-state index contributed by atoms with van der Waals surface area (Å²) in [6.45, 7) is 3.98. The lowest BCUT2D eigenvalue weighted by atomic mass is 9.99. The number of halogens is 1. The van der Waals surface area contributed by atoms with Gasteiger partial charge in [0.15, 0.2) is 0 Å². The lowest BCUT2D eigenvalue weighted by Gasteiger charge is -2.14. The highest BCUT2D eigenvalue weighted by atomic mass is 19.1. The van der Waals surface area contributed by atoms with Crippen molar-refractivity contribution >= 4 is 29.2 Å². The molecule has 0 aromatic heterocycles. The van der Waals surface area contributed by atoms with Crippen LogP contribution in [-0.4, -0.2) is 22.9 Å². The van der Waals surface area contributed by atoms with Gasteiger partial charge in [0.2, 0.25) is 5.91 Å². The second kappa shape index (κ2) is 11.4. The molecule has 0 spiro atoms. The minimum atomic E-state index is -1.02. The molecule has 0 aliphatic rings. The predicted molar refractivity (Wildman–Crippen MR) is 134 cm³/mol. The maximum atomic E-state index is 14.2. The van der Waals surface area contributed by atoms with Gasteiger partial charge in [0.1, 0.15) is 5.82 Å². The van der Waals surface area contributed by atoms with E-state index in [-0.39, 0.29) is 30.4 Å². The first-order valence-electron chi connectivity index (χ1n) is 11.2. The molecule has 0 fully saturated rings. The van der Waals surface area contributed by atoms with Gasteiger partial charge in [-0.2, -0.15) is 0 Å². The van der Waals surface area contributed by atoms with E-state index in [9.17, 15) is 18.8 Å². The Hall–Kier alpha value is -4.04. The number of rotatable bonds is 9. The second-order valence-corrected chi connectivity index (χ2v) is 8.68. The molecule has 0 saturated heterocycles. The zero-order valence-electron chi connectivity index (χ0n) is 19.6. The van der Waals surface area contributed by atoms with Gasteiger partial charge in [-0.05, 0) is 70.6 Å². The monoisotopic (exact) mass is 477 g/mol. The fraction of sp³-hybridized carbons (Fsp3) is 0.222. The van der Waals surface area contributed by atoms with Gasteiger partial charge in [-0.1, -0.05) is 32.0 Å². The summed E-state index contributed by atoms with van der Waals surface area (Å²) < 4.78 is 14.2. The molecule has 3 rings (SSSR count). The number of amides is 2. The molecule has 35 heavy (non-hydrogen) atoms. The molecule has 0 aliphatic heterocycles. The first-order valence-corrected chi connectivity index (χ1v) is 11.2. The molecule has 0 bridgehead atoms. The standard InChI is InChI=1S/C27H28FN3O4/c1-16(2)7-25(32)30-23-12-20(19-8-17(15-29)9-22(28)11-19)10-21(13-23)27(35)31-24-6-4-3-5-18(24)14-26(33)34/h3-6,8-13,16H,7,14-15,29H2,1-2H3,(H,30,32)(H,31,35)(H,33,34). The Morgan fingerprint density at radius 3 is 2.37 bits per heavy atom. The van der Waals surface area contributed by atoms with Crippen LogP contribution < -0.4 is 16.4 Å². The largest absolute Gasteiger partial charge is 0.481 e. The molecule has 2 amide bonds. The van der Waals surface area contributed by atoms with Crippen LogP contribution in [0, 0.1) is 11.7 Å². The van der Waals surface area contributed by atoms with Gasteiger partial charge in [0.25, 0.3) is 5.91 Å². The zero-order chi connectivity index (χ0) is 25.5. The average molecular weight is 478 g/mol. The molecule has 8 heteroatoms. The van der Waals surface area contributed by atoms with Crippen molar-refractivity contribution in [2.75, 3.05) is 10.6 Å². The van der Waals surface area contributed by atoms with Crippen LogP contribution in [0.15, 0.2) is 60.7 Å². The van der Waals surface area contributed by atoms with Crippen LogP contribution in [0.4, 0.5) is 15.8 Å². The lowest BCUT2D eigenvalue weighted by Crippen LogP contribution is -2.17. The Balaban J connectivity index is 2.01. The van der Waals surface area contributed by atoms with Gasteiger partial charge >= 0.3 is 5.97 Å². The van der Waals surface area contributed by atoms with Crippen molar-refractivity contribution in [2.24, 2.45) is 11.7 Å². The molecular formula is C27H28FN3O4. The number of hydrogen-bond acceptors (Lipinski definition) is 4. The lowest BCUT2D eigenvalue weighted by molar-refractivity contribution is -0.136. The molecule has 182 valence electrons. The van der Waals surface area contributed by atoms with Crippen LogP contribution >= 0.6 is 0 Å². The van der Waals surface area contributed by atoms with Gasteiger partial charge in [-0.15, -0.1) is 0 Å². The van der Waals surface area contributed by atoms with Gasteiger partial charge < -0.3 is 21.5 Å². The van der Waals surface area contributed by atoms with Crippen molar-refractivity contribution in [3.05, 3.63) is 83.2 Å². The Morgan fingerprint density at radius 1 is 0.971 bits per heavy atom. The third-order valence-electron chi connectivity index (χ3n) is 5.21. The van der Waals surface area contributed by atoms with E-state index < -0.39 is 17.7 Å². The highest BCUT2D eigenvalue weighted by molar-refractivity contribution is 6.07. The number of nitrogens with two attached hydrogens (primary N) is 1. The average Bonchev–Trinajstić information content (AvgIpc) is 2.78. The maximum absolute atomic E-state index is 14.2. The maximum Gasteiger partial charge on any atom is 0.307 e. The quantitative estimate of drug-likeness (QED) is 0.352. The topological polar surface area (TPSA) is 122 Å². The van der Waals surface area contributed by atoms with Crippen LogP contribution in [0.1, 0.15) is 41.8 Å². The van der Waals surface area contributed by atoms with E-state index in [4.69, 9.17) is 10.8 Å². The van der Waals surface area contributed by atoms with Crippen LogP contribution in [0.25, 0.3) is 11.1 Å². The molecule has 0 heterocycles. The second-order valence-electron chi connectivity index (χ2n) is 8.68. The molecule has 0 atom stereocenters. The summed E-state index contributed by atoms with van der Waals surface area (Å²) in [6, 6.07) is 15.8. The number of hydrogen-bond donors (Lipinski definition) is 4. The number of anilines is 2. The highest BCUT2D eigenvalue weighted by Gasteiger charge is 2.15. The number of benzene rings is 3. The van der Waals surface area contributed by atoms with E-state index in [0.717, 1.165) is 0 Å².